The van der Waals surface area contributed by atoms with Gasteiger partial charge in [0.1, 0.15) is 0 Å². The molecule has 1 amide bonds. The van der Waals surface area contributed by atoms with Gasteiger partial charge in [0, 0.05) is 24.9 Å². The molecule has 0 heterocycles. The van der Waals surface area contributed by atoms with Crippen LogP contribution < -0.4 is 14.8 Å². The van der Waals surface area contributed by atoms with Gasteiger partial charge < -0.3 is 19.5 Å². The average Bonchev–Trinajstić information content (AvgIpc) is 2.64. The quantitative estimate of drug-likeness (QED) is 0.490. The van der Waals surface area contributed by atoms with Gasteiger partial charge in [-0.2, -0.15) is 0 Å². The van der Waals surface area contributed by atoms with E-state index in [1.54, 1.807) is 14.2 Å². The van der Waals surface area contributed by atoms with E-state index < -0.39 is 0 Å². The minimum Gasteiger partial charge on any atom is -0.493 e. The maximum absolute atomic E-state index is 11.9. The van der Waals surface area contributed by atoms with E-state index in [0.29, 0.717) is 32.2 Å². The van der Waals surface area contributed by atoms with Crippen molar-refractivity contribution in [3.63, 3.8) is 0 Å². The average molecular weight is 351 g/mol. The number of unbranched alkanes of at least 4 members (excludes halogenated alkanes) is 1. The van der Waals surface area contributed by atoms with Crippen molar-refractivity contribution < 1.29 is 23.8 Å². The second kappa shape index (κ2) is 11.3. The Kier molecular flexibility index (Phi) is 9.43. The first-order chi connectivity index (χ1) is 12.1. The summed E-state index contributed by atoms with van der Waals surface area (Å²) in [5.74, 6) is 1.25. The van der Waals surface area contributed by atoms with Crippen LogP contribution >= 0.6 is 0 Å². The van der Waals surface area contributed by atoms with E-state index in [1.165, 1.54) is 7.11 Å². The van der Waals surface area contributed by atoms with Gasteiger partial charge in [-0.25, -0.2) is 0 Å². The van der Waals surface area contributed by atoms with Crippen LogP contribution in [0.25, 0.3) is 0 Å². The molecule has 0 bridgehead atoms. The number of methoxy groups -OCH3 is 3. The zero-order valence-corrected chi connectivity index (χ0v) is 15.6. The van der Waals surface area contributed by atoms with Gasteiger partial charge in [-0.1, -0.05) is 13.0 Å². The van der Waals surface area contributed by atoms with Gasteiger partial charge in [0.05, 0.1) is 21.3 Å². The van der Waals surface area contributed by atoms with Crippen LogP contribution in [-0.2, 0) is 27.2 Å². The summed E-state index contributed by atoms with van der Waals surface area (Å²) in [5.41, 5.74) is 2.25. The van der Waals surface area contributed by atoms with Crippen molar-refractivity contribution in [3.05, 3.63) is 23.3 Å². The highest BCUT2D eigenvalue weighted by Crippen LogP contribution is 2.33. The molecule has 6 nitrogen and oxygen atoms in total. The maximum atomic E-state index is 11.9. The molecule has 0 fully saturated rings. The molecule has 140 valence electrons. The predicted molar refractivity (Wildman–Crippen MR) is 96.1 cm³/mol. The fourth-order valence-electron chi connectivity index (χ4n) is 2.74. The number of nitrogens with one attached hydrogen (secondary N) is 1. The first-order valence-corrected chi connectivity index (χ1v) is 8.63. The van der Waals surface area contributed by atoms with Gasteiger partial charge in [-0.15, -0.1) is 0 Å². The molecule has 0 saturated heterocycles. The molecule has 1 rings (SSSR count). The van der Waals surface area contributed by atoms with Gasteiger partial charge in [-0.05, 0) is 37.3 Å². The Morgan fingerprint density at radius 2 is 1.76 bits per heavy atom. The molecule has 1 N–H and O–H groups in total. The van der Waals surface area contributed by atoms with Crippen molar-refractivity contribution in [2.24, 2.45) is 0 Å². The molecule has 0 spiro atoms. The molecule has 0 saturated carbocycles. The van der Waals surface area contributed by atoms with Crippen molar-refractivity contribution in [1.29, 1.82) is 0 Å². The number of rotatable bonds is 11. The fraction of sp³-hybridized carbons (Fsp3) is 0.579. The molecule has 0 atom stereocenters. The lowest BCUT2D eigenvalue weighted by molar-refractivity contribution is -0.140. The van der Waals surface area contributed by atoms with Crippen molar-refractivity contribution in [1.82, 2.24) is 5.32 Å². The van der Waals surface area contributed by atoms with Crippen LogP contribution in [-0.4, -0.2) is 39.8 Å². The minimum atomic E-state index is -0.235. The zero-order chi connectivity index (χ0) is 18.7. The Hall–Kier alpha value is -2.24. The fourth-order valence-corrected chi connectivity index (χ4v) is 2.74. The Balaban J connectivity index is 2.45. The minimum absolute atomic E-state index is 0.00314. The number of ether oxygens (including phenoxy) is 3. The van der Waals surface area contributed by atoms with Crippen molar-refractivity contribution in [3.8, 4) is 11.5 Å². The van der Waals surface area contributed by atoms with Crippen LogP contribution in [0, 0.1) is 0 Å². The highest BCUT2D eigenvalue weighted by Gasteiger charge is 2.13. The molecule has 0 aliphatic carbocycles. The maximum Gasteiger partial charge on any atom is 0.305 e. The van der Waals surface area contributed by atoms with Gasteiger partial charge in [0.25, 0.3) is 0 Å². The number of benzene rings is 1. The summed E-state index contributed by atoms with van der Waals surface area (Å²) in [4.78, 5) is 22.9. The standard InChI is InChI=1S/C19H29NO5/c1-5-15-14(10-11-16(23-2)19(15)25-4)12-13-20-17(21)8-6-7-9-18(22)24-3/h10-11H,5-9,12-13H2,1-4H3,(H,20,21). The molecule has 25 heavy (non-hydrogen) atoms. The molecule has 1 aromatic carbocycles. The Morgan fingerprint density at radius 3 is 2.36 bits per heavy atom. The zero-order valence-electron chi connectivity index (χ0n) is 15.6. The third-order valence-electron chi connectivity index (χ3n) is 4.08. The molecule has 1 aromatic rings. The summed E-state index contributed by atoms with van der Waals surface area (Å²) in [6.45, 7) is 2.64. The molecule has 0 aromatic heterocycles. The SMILES string of the molecule is CCc1c(CCNC(=O)CCCCC(=O)OC)ccc(OC)c1OC. The monoisotopic (exact) mass is 351 g/mol. The molecule has 0 aliphatic heterocycles. The molecule has 6 heteroatoms. The first kappa shape index (κ1) is 20.8. The van der Waals surface area contributed by atoms with Crippen molar-refractivity contribution in [2.45, 2.75) is 45.4 Å². The van der Waals surface area contributed by atoms with E-state index >= 15 is 0 Å². The summed E-state index contributed by atoms with van der Waals surface area (Å²) < 4.78 is 15.4. The number of hydrogen-bond donors (Lipinski definition) is 1. The van der Waals surface area contributed by atoms with Crippen LogP contribution in [0.5, 0.6) is 11.5 Å². The predicted octanol–water partition coefficient (Wildman–Crippen LogP) is 2.66. The summed E-state index contributed by atoms with van der Waals surface area (Å²) in [6, 6.07) is 3.91. The summed E-state index contributed by atoms with van der Waals surface area (Å²) in [6.07, 6.45) is 3.68. The van der Waals surface area contributed by atoms with Gasteiger partial charge in [-0.3, -0.25) is 9.59 Å². The van der Waals surface area contributed by atoms with Crippen molar-refractivity contribution >= 4 is 11.9 Å². The lowest BCUT2D eigenvalue weighted by atomic mass is 10.0. The summed E-state index contributed by atoms with van der Waals surface area (Å²) in [5, 5.41) is 2.92. The number of carbonyl (C=O) groups is 2. The van der Waals surface area contributed by atoms with Gasteiger partial charge in [0.2, 0.25) is 5.91 Å². The summed E-state index contributed by atoms with van der Waals surface area (Å²) in [7, 11) is 4.63. The number of carbonyl (C=O) groups excluding carboxylic acids is 2. The van der Waals surface area contributed by atoms with Crippen LogP contribution in [0.4, 0.5) is 0 Å². The number of esters is 1. The molecule has 0 unspecified atom stereocenters. The molecule has 0 aliphatic rings. The molecule has 0 radical (unpaired) electrons. The molecular formula is C19H29NO5. The van der Waals surface area contributed by atoms with E-state index in [0.717, 1.165) is 35.5 Å². The summed E-state index contributed by atoms with van der Waals surface area (Å²) >= 11 is 0. The molecular weight excluding hydrogens is 322 g/mol. The number of hydrogen-bond acceptors (Lipinski definition) is 5. The Labute approximate surface area is 149 Å². The lowest BCUT2D eigenvalue weighted by Gasteiger charge is -2.16. The largest absolute Gasteiger partial charge is 0.493 e. The third kappa shape index (κ3) is 6.64. The van der Waals surface area contributed by atoms with E-state index in [4.69, 9.17) is 9.47 Å². The normalized spacial score (nSPS) is 10.2. The topological polar surface area (TPSA) is 73.9 Å². The third-order valence-corrected chi connectivity index (χ3v) is 4.08. The van der Waals surface area contributed by atoms with Crippen LogP contribution in [0.15, 0.2) is 12.1 Å². The van der Waals surface area contributed by atoms with E-state index in [-0.39, 0.29) is 11.9 Å². The van der Waals surface area contributed by atoms with E-state index in [1.807, 2.05) is 12.1 Å². The highest BCUT2D eigenvalue weighted by molar-refractivity contribution is 5.76. The van der Waals surface area contributed by atoms with E-state index in [2.05, 4.69) is 17.0 Å². The van der Waals surface area contributed by atoms with Gasteiger partial charge >= 0.3 is 5.97 Å². The van der Waals surface area contributed by atoms with Crippen LogP contribution in [0.1, 0.15) is 43.7 Å². The second-order valence-electron chi connectivity index (χ2n) is 5.68. The van der Waals surface area contributed by atoms with E-state index in [9.17, 15) is 9.59 Å². The van der Waals surface area contributed by atoms with Crippen molar-refractivity contribution in [2.75, 3.05) is 27.9 Å². The Bertz CT molecular complexity index is 571. The lowest BCUT2D eigenvalue weighted by Crippen LogP contribution is -2.25. The first-order valence-electron chi connectivity index (χ1n) is 8.63. The van der Waals surface area contributed by atoms with Crippen LogP contribution in [0.3, 0.4) is 0 Å². The smallest absolute Gasteiger partial charge is 0.305 e. The van der Waals surface area contributed by atoms with Gasteiger partial charge in [0.15, 0.2) is 11.5 Å². The van der Waals surface area contributed by atoms with Crippen LogP contribution in [0.2, 0.25) is 0 Å². The highest BCUT2D eigenvalue weighted by atomic mass is 16.5. The Morgan fingerprint density at radius 1 is 1.04 bits per heavy atom. The number of amides is 1. The second-order valence-corrected chi connectivity index (χ2v) is 5.68.